The van der Waals surface area contributed by atoms with E-state index in [4.69, 9.17) is 0 Å². The third-order valence-corrected chi connectivity index (χ3v) is 7.02. The van der Waals surface area contributed by atoms with E-state index in [2.05, 4.69) is 15.3 Å². The predicted octanol–water partition coefficient (Wildman–Crippen LogP) is 2.46. The quantitative estimate of drug-likeness (QED) is 0.284. The van der Waals surface area contributed by atoms with Crippen LogP contribution in [0.2, 0.25) is 0 Å². The number of hydrogen-bond acceptors (Lipinski definition) is 10. The Labute approximate surface area is 194 Å². The molecule has 2 aromatic carbocycles. The number of non-ortho nitro benzene ring substituents is 1. The van der Waals surface area contributed by atoms with Gasteiger partial charge in [-0.15, -0.1) is 5.10 Å². The van der Waals surface area contributed by atoms with Gasteiger partial charge in [0.2, 0.25) is 0 Å². The van der Waals surface area contributed by atoms with Gasteiger partial charge in [0.15, 0.2) is 15.0 Å². The smallest absolute Gasteiger partial charge is 0.288 e. The lowest BCUT2D eigenvalue weighted by Gasteiger charge is -2.15. The lowest BCUT2D eigenvalue weighted by molar-refractivity contribution is -0.383. The maximum atomic E-state index is 14.0. The van der Waals surface area contributed by atoms with Crippen LogP contribution in [-0.2, 0) is 16.4 Å². The summed E-state index contributed by atoms with van der Waals surface area (Å²) in [6.45, 7) is 0.0284. The highest BCUT2D eigenvalue weighted by Crippen LogP contribution is 2.34. The minimum absolute atomic E-state index is 0.0284. The molecule has 0 spiro atoms. The Morgan fingerprint density at radius 3 is 2.65 bits per heavy atom. The van der Waals surface area contributed by atoms with E-state index in [1.165, 1.54) is 11.1 Å². The lowest BCUT2D eigenvalue weighted by atomic mass is 10.2. The molecule has 0 unspecified atom stereocenters. The Hall–Kier alpha value is -3.85. The van der Waals surface area contributed by atoms with Crippen molar-refractivity contribution in [3.05, 3.63) is 74.3 Å². The Morgan fingerprint density at radius 2 is 1.97 bits per heavy atom. The Morgan fingerprint density at radius 1 is 1.24 bits per heavy atom. The van der Waals surface area contributed by atoms with Crippen LogP contribution in [0.15, 0.2) is 46.2 Å². The largest absolute Gasteiger partial charge is 0.345 e. The molecule has 0 radical (unpaired) electrons. The second-order valence-corrected chi connectivity index (χ2v) is 10.2. The molecular weight excluding hydrogens is 494 g/mol. The second-order valence-electron chi connectivity index (χ2n) is 7.26. The molecule has 0 aliphatic heterocycles. The van der Waals surface area contributed by atoms with E-state index in [1.54, 1.807) is 7.05 Å². The van der Waals surface area contributed by atoms with Gasteiger partial charge in [-0.05, 0) is 18.2 Å². The number of nitro groups is 1. The number of nitrogens with zero attached hydrogens (tertiary/aromatic N) is 6. The van der Waals surface area contributed by atoms with Crippen LogP contribution in [0.4, 0.5) is 19.6 Å². The molecule has 0 fully saturated rings. The SMILES string of the molecule is CN(Cc1cn(-c2cc(F)ccc2F)nn1)c1nc(=O)c2cc(S(C)(=O)=O)cc([N+](=O)[O-])c2s1. The first-order valence-electron chi connectivity index (χ1n) is 9.35. The van der Waals surface area contributed by atoms with E-state index in [0.29, 0.717) is 5.69 Å². The molecule has 176 valence electrons. The zero-order valence-electron chi connectivity index (χ0n) is 17.5. The highest BCUT2D eigenvalue weighted by atomic mass is 32.2. The number of anilines is 1. The van der Waals surface area contributed by atoms with Gasteiger partial charge in [-0.3, -0.25) is 14.9 Å². The number of hydrogen-bond donors (Lipinski definition) is 0. The van der Waals surface area contributed by atoms with Gasteiger partial charge in [0.1, 0.15) is 27.7 Å². The van der Waals surface area contributed by atoms with Gasteiger partial charge < -0.3 is 4.90 Å². The molecule has 0 saturated carbocycles. The summed E-state index contributed by atoms with van der Waals surface area (Å²) in [6, 6.07) is 4.84. The summed E-state index contributed by atoms with van der Waals surface area (Å²) < 4.78 is 52.2. The van der Waals surface area contributed by atoms with Crippen LogP contribution < -0.4 is 10.5 Å². The molecule has 0 amide bonds. The standard InChI is InChI=1S/C19H14F2N6O5S2/c1-25(8-11-9-26(24-23-11)15-5-10(20)3-4-14(15)21)19-22-18(28)13-6-12(34(2,31)32)7-16(27(29)30)17(13)33-19/h3-7,9H,8H2,1-2H3. The average Bonchev–Trinajstić information content (AvgIpc) is 3.22. The second kappa shape index (κ2) is 8.49. The molecule has 2 heterocycles. The summed E-state index contributed by atoms with van der Waals surface area (Å²) in [5.41, 5.74) is -1.21. The highest BCUT2D eigenvalue weighted by Gasteiger charge is 2.23. The number of fused-ring (bicyclic) bond motifs is 1. The number of nitro benzene ring substituents is 1. The summed E-state index contributed by atoms with van der Waals surface area (Å²) in [6.07, 6.45) is 2.24. The van der Waals surface area contributed by atoms with Crippen molar-refractivity contribution in [2.45, 2.75) is 11.4 Å². The van der Waals surface area contributed by atoms with E-state index in [1.807, 2.05) is 0 Å². The molecular formula is C19H14F2N6O5S2. The van der Waals surface area contributed by atoms with E-state index in [9.17, 15) is 32.1 Å². The number of benzene rings is 2. The van der Waals surface area contributed by atoms with Gasteiger partial charge >= 0.3 is 0 Å². The van der Waals surface area contributed by atoms with Crippen molar-refractivity contribution in [2.75, 3.05) is 18.2 Å². The van der Waals surface area contributed by atoms with Crippen LogP contribution in [-0.4, -0.2) is 46.6 Å². The Kier molecular flexibility index (Phi) is 5.82. The zero-order chi connectivity index (χ0) is 24.8. The molecule has 0 saturated heterocycles. The summed E-state index contributed by atoms with van der Waals surface area (Å²) in [4.78, 5) is 28.4. The average molecular weight is 508 g/mol. The normalized spacial score (nSPS) is 11.6. The van der Waals surface area contributed by atoms with Crippen molar-refractivity contribution in [3.63, 3.8) is 0 Å². The fourth-order valence-electron chi connectivity index (χ4n) is 3.09. The van der Waals surface area contributed by atoms with Gasteiger partial charge in [0.05, 0.1) is 27.9 Å². The Balaban J connectivity index is 1.71. The predicted molar refractivity (Wildman–Crippen MR) is 119 cm³/mol. The highest BCUT2D eigenvalue weighted by molar-refractivity contribution is 7.90. The molecule has 0 aliphatic rings. The fraction of sp³-hybridized carbons (Fsp3) is 0.158. The van der Waals surface area contributed by atoms with E-state index in [-0.39, 0.29) is 32.3 Å². The molecule has 15 heteroatoms. The van der Waals surface area contributed by atoms with Crippen LogP contribution >= 0.6 is 11.3 Å². The van der Waals surface area contributed by atoms with Crippen LogP contribution in [0.25, 0.3) is 15.8 Å². The van der Waals surface area contributed by atoms with Crippen LogP contribution in [0, 0.1) is 21.7 Å². The minimum Gasteiger partial charge on any atom is -0.345 e. The summed E-state index contributed by atoms with van der Waals surface area (Å²) in [7, 11) is -2.26. The van der Waals surface area contributed by atoms with Gasteiger partial charge in [0, 0.05) is 25.4 Å². The Bertz CT molecular complexity index is 1620. The maximum absolute atomic E-state index is 14.0. The van der Waals surface area contributed by atoms with Crippen molar-refractivity contribution in [1.29, 1.82) is 0 Å². The fourth-order valence-corrected chi connectivity index (χ4v) is 4.77. The lowest BCUT2D eigenvalue weighted by Crippen LogP contribution is -2.20. The first-order chi connectivity index (χ1) is 15.9. The third kappa shape index (κ3) is 4.47. The third-order valence-electron chi connectivity index (χ3n) is 4.71. The molecule has 4 rings (SSSR count). The van der Waals surface area contributed by atoms with Crippen molar-refractivity contribution < 1.29 is 22.1 Å². The molecule has 0 bridgehead atoms. The zero-order valence-corrected chi connectivity index (χ0v) is 19.1. The van der Waals surface area contributed by atoms with E-state index < -0.39 is 37.6 Å². The van der Waals surface area contributed by atoms with Gasteiger partial charge in [-0.1, -0.05) is 16.6 Å². The van der Waals surface area contributed by atoms with Crippen molar-refractivity contribution in [1.82, 2.24) is 20.0 Å². The molecule has 0 N–H and O–H groups in total. The number of sulfone groups is 1. The first-order valence-corrected chi connectivity index (χ1v) is 12.1. The van der Waals surface area contributed by atoms with Gasteiger partial charge in [-0.2, -0.15) is 4.98 Å². The number of rotatable bonds is 6. The number of halogens is 2. The van der Waals surface area contributed by atoms with Crippen LogP contribution in [0.3, 0.4) is 0 Å². The summed E-state index contributed by atoms with van der Waals surface area (Å²) in [5, 5.41) is 19.2. The van der Waals surface area contributed by atoms with Crippen molar-refractivity contribution in [2.24, 2.45) is 0 Å². The summed E-state index contributed by atoms with van der Waals surface area (Å²) in [5.74, 6) is -1.36. The monoisotopic (exact) mass is 508 g/mol. The van der Waals surface area contributed by atoms with Gasteiger partial charge in [-0.25, -0.2) is 21.9 Å². The van der Waals surface area contributed by atoms with E-state index >= 15 is 0 Å². The molecule has 0 atom stereocenters. The van der Waals surface area contributed by atoms with Crippen molar-refractivity contribution >= 4 is 42.1 Å². The topological polar surface area (TPSA) is 141 Å². The minimum atomic E-state index is -3.81. The molecule has 2 aromatic heterocycles. The number of aromatic nitrogens is 4. The van der Waals surface area contributed by atoms with Crippen molar-refractivity contribution in [3.8, 4) is 5.69 Å². The van der Waals surface area contributed by atoms with E-state index in [0.717, 1.165) is 52.6 Å². The molecule has 4 aromatic rings. The molecule has 34 heavy (non-hydrogen) atoms. The summed E-state index contributed by atoms with van der Waals surface area (Å²) >= 11 is 0.824. The van der Waals surface area contributed by atoms with Crippen LogP contribution in [0.5, 0.6) is 0 Å². The van der Waals surface area contributed by atoms with Gasteiger partial charge in [0.25, 0.3) is 11.2 Å². The van der Waals surface area contributed by atoms with Crippen LogP contribution in [0.1, 0.15) is 5.69 Å². The molecule has 0 aliphatic carbocycles. The maximum Gasteiger partial charge on any atom is 0.288 e. The first kappa shape index (κ1) is 23.3. The molecule has 11 nitrogen and oxygen atoms in total.